The van der Waals surface area contributed by atoms with Crippen LogP contribution in [0.4, 0.5) is 0 Å². The van der Waals surface area contributed by atoms with Crippen molar-refractivity contribution < 1.29 is 9.53 Å². The number of amides is 1. The molecule has 6 nitrogen and oxygen atoms in total. The molecule has 1 N–H and O–H groups in total. The highest BCUT2D eigenvalue weighted by Crippen LogP contribution is 2.09. The van der Waals surface area contributed by atoms with Crippen LogP contribution < -0.4 is 10.9 Å². The molecule has 0 unspecified atom stereocenters. The van der Waals surface area contributed by atoms with Crippen LogP contribution in [0, 0.1) is 0 Å². The first kappa shape index (κ1) is 17.9. The van der Waals surface area contributed by atoms with Gasteiger partial charge in [0.15, 0.2) is 0 Å². The van der Waals surface area contributed by atoms with Gasteiger partial charge in [0.25, 0.3) is 11.5 Å². The van der Waals surface area contributed by atoms with Gasteiger partial charge in [0.05, 0.1) is 6.61 Å². The summed E-state index contributed by atoms with van der Waals surface area (Å²) in [5.41, 5.74) is 2.08. The van der Waals surface area contributed by atoms with Gasteiger partial charge in [-0.1, -0.05) is 37.6 Å². The van der Waals surface area contributed by atoms with E-state index in [2.05, 4.69) is 10.4 Å². The number of hydrogen-bond donors (Lipinski definition) is 1. The highest BCUT2D eigenvalue weighted by molar-refractivity contribution is 5.91. The molecule has 1 heterocycles. The summed E-state index contributed by atoms with van der Waals surface area (Å²) >= 11 is 0. The summed E-state index contributed by atoms with van der Waals surface area (Å²) in [6.07, 6.45) is 1.81. The molecule has 1 amide bonds. The van der Waals surface area contributed by atoms with Gasteiger partial charge in [-0.05, 0) is 23.6 Å². The molecular formula is C18H23N3O3. The lowest BCUT2D eigenvalue weighted by atomic mass is 10.1. The fourth-order valence-corrected chi connectivity index (χ4v) is 2.33. The molecule has 0 aliphatic carbocycles. The maximum absolute atomic E-state index is 12.3. The number of nitrogens with zero attached hydrogens (tertiary/aromatic N) is 2. The van der Waals surface area contributed by atoms with Gasteiger partial charge in [-0.3, -0.25) is 9.59 Å². The Bertz CT molecular complexity index is 740. The average Bonchev–Trinajstić information content (AvgIpc) is 2.60. The Kier molecular flexibility index (Phi) is 6.69. The molecule has 0 bridgehead atoms. The van der Waals surface area contributed by atoms with Crippen molar-refractivity contribution in [1.82, 2.24) is 15.1 Å². The van der Waals surface area contributed by atoms with Crippen molar-refractivity contribution in [2.24, 2.45) is 0 Å². The van der Waals surface area contributed by atoms with Crippen molar-refractivity contribution in [2.45, 2.75) is 39.5 Å². The first-order valence-electron chi connectivity index (χ1n) is 8.07. The minimum atomic E-state index is -0.299. The molecule has 2 aromatic rings. The lowest BCUT2D eigenvalue weighted by Gasteiger charge is -2.10. The van der Waals surface area contributed by atoms with E-state index >= 15 is 0 Å². The lowest BCUT2D eigenvalue weighted by Crippen LogP contribution is -2.29. The molecule has 128 valence electrons. The number of hydrogen-bond acceptors (Lipinski definition) is 4. The zero-order valence-electron chi connectivity index (χ0n) is 14.1. The Balaban J connectivity index is 2.06. The largest absolute Gasteiger partial charge is 0.380 e. The molecule has 1 aromatic heterocycles. The summed E-state index contributed by atoms with van der Waals surface area (Å²) in [5.74, 6) is -0.299. The summed E-state index contributed by atoms with van der Waals surface area (Å²) in [6.45, 7) is 3.44. The number of aryl methyl sites for hydroxylation is 1. The smallest absolute Gasteiger partial charge is 0.271 e. The third-order valence-electron chi connectivity index (χ3n) is 3.68. The Hall–Kier alpha value is -2.47. The van der Waals surface area contributed by atoms with E-state index in [0.717, 1.165) is 24.0 Å². The van der Waals surface area contributed by atoms with E-state index in [1.165, 1.54) is 16.8 Å². The van der Waals surface area contributed by atoms with E-state index in [1.807, 2.05) is 31.2 Å². The van der Waals surface area contributed by atoms with Crippen LogP contribution in [0.5, 0.6) is 0 Å². The normalized spacial score (nSPS) is 10.6. The summed E-state index contributed by atoms with van der Waals surface area (Å²) in [6, 6.07) is 10.6. The number of carbonyl (C=O) groups is 1. The van der Waals surface area contributed by atoms with E-state index < -0.39 is 0 Å². The molecule has 0 radical (unpaired) electrons. The molecule has 0 aliphatic rings. The highest BCUT2D eigenvalue weighted by Gasteiger charge is 2.10. The van der Waals surface area contributed by atoms with E-state index in [1.54, 1.807) is 7.11 Å². The molecule has 0 spiro atoms. The zero-order chi connectivity index (χ0) is 17.4. The average molecular weight is 329 g/mol. The number of methoxy groups -OCH3 is 1. The molecule has 24 heavy (non-hydrogen) atoms. The predicted octanol–water partition coefficient (Wildman–Crippen LogP) is 2.12. The maximum atomic E-state index is 12.3. The van der Waals surface area contributed by atoms with Crippen LogP contribution in [-0.4, -0.2) is 22.8 Å². The molecule has 0 atom stereocenters. The van der Waals surface area contributed by atoms with Gasteiger partial charge < -0.3 is 10.1 Å². The third-order valence-corrected chi connectivity index (χ3v) is 3.68. The summed E-state index contributed by atoms with van der Waals surface area (Å²) < 4.78 is 6.51. The van der Waals surface area contributed by atoms with Gasteiger partial charge in [-0.15, -0.1) is 0 Å². The molecule has 1 aromatic carbocycles. The van der Waals surface area contributed by atoms with Gasteiger partial charge in [-0.2, -0.15) is 5.10 Å². The van der Waals surface area contributed by atoms with Crippen LogP contribution in [0.15, 0.2) is 41.2 Å². The van der Waals surface area contributed by atoms with Crippen LogP contribution >= 0.6 is 0 Å². The number of benzene rings is 1. The molecule has 0 fully saturated rings. The van der Waals surface area contributed by atoms with Crippen molar-refractivity contribution in [3.63, 3.8) is 0 Å². The number of carbonyl (C=O) groups excluding carboxylic acids is 1. The van der Waals surface area contributed by atoms with E-state index in [9.17, 15) is 9.59 Å². The maximum Gasteiger partial charge on any atom is 0.271 e. The molecule has 0 aliphatic heterocycles. The lowest BCUT2D eigenvalue weighted by molar-refractivity contribution is 0.0942. The SMILES string of the molecule is CCCCn1nc(C(=O)NCc2ccccc2COC)ccc1=O. The van der Waals surface area contributed by atoms with E-state index in [0.29, 0.717) is 19.7 Å². The standard InChI is InChI=1S/C18H23N3O3/c1-3-4-11-21-17(22)10-9-16(20-21)18(23)19-12-14-7-5-6-8-15(14)13-24-2/h5-10H,3-4,11-13H2,1-2H3,(H,19,23). The van der Waals surface area contributed by atoms with Crippen LogP contribution in [0.2, 0.25) is 0 Å². The number of ether oxygens (including phenoxy) is 1. The first-order chi connectivity index (χ1) is 11.7. The Morgan fingerprint density at radius 1 is 1.21 bits per heavy atom. The van der Waals surface area contributed by atoms with Crippen LogP contribution in [0.3, 0.4) is 0 Å². The quantitative estimate of drug-likeness (QED) is 0.805. The Morgan fingerprint density at radius 2 is 1.96 bits per heavy atom. The van der Waals surface area contributed by atoms with Crippen molar-refractivity contribution in [2.75, 3.05) is 7.11 Å². The van der Waals surface area contributed by atoms with Gasteiger partial charge in [0.1, 0.15) is 5.69 Å². The number of rotatable bonds is 8. The molecule has 0 saturated carbocycles. The number of aromatic nitrogens is 2. The second-order valence-corrected chi connectivity index (χ2v) is 5.52. The van der Waals surface area contributed by atoms with Crippen LogP contribution in [0.25, 0.3) is 0 Å². The molecular weight excluding hydrogens is 306 g/mol. The van der Waals surface area contributed by atoms with Gasteiger partial charge in [0, 0.05) is 26.3 Å². The fraction of sp³-hybridized carbons (Fsp3) is 0.389. The second kappa shape index (κ2) is 8.98. The van der Waals surface area contributed by atoms with Gasteiger partial charge in [-0.25, -0.2) is 4.68 Å². The predicted molar refractivity (Wildman–Crippen MR) is 91.7 cm³/mol. The Labute approximate surface area is 141 Å². The van der Waals surface area contributed by atoms with Crippen LogP contribution in [-0.2, 0) is 24.4 Å². The van der Waals surface area contributed by atoms with Crippen molar-refractivity contribution in [3.8, 4) is 0 Å². The summed E-state index contributed by atoms with van der Waals surface area (Å²) in [5, 5.41) is 6.99. The van der Waals surface area contributed by atoms with Gasteiger partial charge in [0.2, 0.25) is 0 Å². The Morgan fingerprint density at radius 3 is 2.67 bits per heavy atom. The first-order valence-corrected chi connectivity index (χ1v) is 8.07. The van der Waals surface area contributed by atoms with Crippen molar-refractivity contribution in [3.05, 3.63) is 63.6 Å². The molecule has 2 rings (SSSR count). The fourth-order valence-electron chi connectivity index (χ4n) is 2.33. The minimum absolute atomic E-state index is 0.189. The van der Waals surface area contributed by atoms with Crippen molar-refractivity contribution >= 4 is 5.91 Å². The van der Waals surface area contributed by atoms with E-state index in [4.69, 9.17) is 4.74 Å². The topological polar surface area (TPSA) is 73.2 Å². The summed E-state index contributed by atoms with van der Waals surface area (Å²) in [4.78, 5) is 24.1. The zero-order valence-corrected chi connectivity index (χ0v) is 14.1. The summed E-state index contributed by atoms with van der Waals surface area (Å²) in [7, 11) is 1.64. The minimum Gasteiger partial charge on any atom is -0.380 e. The third kappa shape index (κ3) is 4.76. The monoisotopic (exact) mass is 329 g/mol. The highest BCUT2D eigenvalue weighted by atomic mass is 16.5. The van der Waals surface area contributed by atoms with Crippen molar-refractivity contribution in [1.29, 1.82) is 0 Å². The number of unbranched alkanes of at least 4 members (excludes halogenated alkanes) is 1. The molecule has 6 heteroatoms. The second-order valence-electron chi connectivity index (χ2n) is 5.52. The van der Waals surface area contributed by atoms with Crippen LogP contribution in [0.1, 0.15) is 41.4 Å². The van der Waals surface area contributed by atoms with Gasteiger partial charge >= 0.3 is 0 Å². The molecule has 0 saturated heterocycles. The number of nitrogens with one attached hydrogen (secondary N) is 1. The van der Waals surface area contributed by atoms with E-state index in [-0.39, 0.29) is 17.2 Å².